The molecule has 1 fully saturated rings. The third kappa shape index (κ3) is 4.14. The van der Waals surface area contributed by atoms with E-state index in [9.17, 15) is 4.79 Å². The van der Waals surface area contributed by atoms with Crippen LogP contribution in [-0.4, -0.2) is 44.2 Å². The Labute approximate surface area is 158 Å². The van der Waals surface area contributed by atoms with Crippen molar-refractivity contribution < 1.29 is 9.15 Å². The van der Waals surface area contributed by atoms with Crippen LogP contribution in [0.4, 0.5) is 5.69 Å². The molecular formula is C22H24N2O3. The Morgan fingerprint density at radius 2 is 1.74 bits per heavy atom. The molecule has 1 saturated heterocycles. The lowest BCUT2D eigenvalue weighted by molar-refractivity contribution is 0.225. The lowest BCUT2D eigenvalue weighted by Gasteiger charge is -2.36. The van der Waals surface area contributed by atoms with Crippen molar-refractivity contribution in [3.63, 3.8) is 0 Å². The van der Waals surface area contributed by atoms with Crippen LogP contribution < -0.4 is 15.1 Å². The first-order valence-corrected chi connectivity index (χ1v) is 9.47. The van der Waals surface area contributed by atoms with Gasteiger partial charge in [-0.1, -0.05) is 24.3 Å². The summed E-state index contributed by atoms with van der Waals surface area (Å²) in [6.45, 7) is 5.82. The molecule has 4 rings (SSSR count). The third-order valence-electron chi connectivity index (χ3n) is 5.02. The summed E-state index contributed by atoms with van der Waals surface area (Å²) in [5.74, 6) is 0.607. The maximum absolute atomic E-state index is 12.1. The van der Waals surface area contributed by atoms with Crippen molar-refractivity contribution in [1.29, 1.82) is 0 Å². The van der Waals surface area contributed by atoms with E-state index in [0.29, 0.717) is 23.3 Å². The zero-order chi connectivity index (χ0) is 18.5. The van der Waals surface area contributed by atoms with E-state index in [1.165, 1.54) is 18.0 Å². The van der Waals surface area contributed by atoms with E-state index in [4.69, 9.17) is 9.15 Å². The molecule has 0 atom stereocenters. The van der Waals surface area contributed by atoms with E-state index in [0.717, 1.165) is 39.1 Å². The number of piperazine rings is 1. The smallest absolute Gasteiger partial charge is 0.196 e. The van der Waals surface area contributed by atoms with Crippen LogP contribution in [0.1, 0.15) is 6.42 Å². The molecule has 0 saturated carbocycles. The Bertz CT molecular complexity index is 926. The zero-order valence-corrected chi connectivity index (χ0v) is 15.3. The summed E-state index contributed by atoms with van der Waals surface area (Å²) in [7, 11) is 0. The monoisotopic (exact) mass is 364 g/mol. The van der Waals surface area contributed by atoms with Crippen molar-refractivity contribution in [1.82, 2.24) is 4.90 Å². The number of ether oxygens (including phenoxy) is 1. The van der Waals surface area contributed by atoms with Crippen LogP contribution in [0.25, 0.3) is 11.0 Å². The van der Waals surface area contributed by atoms with E-state index in [-0.39, 0.29) is 5.43 Å². The van der Waals surface area contributed by atoms with Crippen LogP contribution in [0.2, 0.25) is 0 Å². The molecule has 140 valence electrons. The molecule has 0 bridgehead atoms. The second-order valence-electron chi connectivity index (χ2n) is 6.78. The van der Waals surface area contributed by atoms with Crippen LogP contribution in [0.15, 0.2) is 70.1 Å². The first-order valence-electron chi connectivity index (χ1n) is 9.47. The summed E-state index contributed by atoms with van der Waals surface area (Å²) in [5.41, 5.74) is 1.80. The van der Waals surface area contributed by atoms with Gasteiger partial charge in [0.15, 0.2) is 5.43 Å². The van der Waals surface area contributed by atoms with Gasteiger partial charge >= 0.3 is 0 Å². The van der Waals surface area contributed by atoms with Gasteiger partial charge in [0, 0.05) is 44.5 Å². The fourth-order valence-electron chi connectivity index (χ4n) is 3.56. The van der Waals surface area contributed by atoms with E-state index in [1.807, 2.05) is 12.1 Å². The average molecular weight is 364 g/mol. The lowest BCUT2D eigenvalue weighted by atomic mass is 10.2. The molecule has 0 N–H and O–H groups in total. The summed E-state index contributed by atoms with van der Waals surface area (Å²) < 4.78 is 11.3. The molecule has 3 aromatic rings. The second kappa shape index (κ2) is 8.27. The molecule has 1 aromatic heterocycles. The Morgan fingerprint density at radius 3 is 2.56 bits per heavy atom. The highest BCUT2D eigenvalue weighted by molar-refractivity contribution is 5.83. The molecule has 1 aliphatic heterocycles. The van der Waals surface area contributed by atoms with Crippen molar-refractivity contribution in [3.8, 4) is 5.75 Å². The average Bonchev–Trinajstić information content (AvgIpc) is 2.72. The maximum Gasteiger partial charge on any atom is 0.196 e. The minimum atomic E-state index is -0.0658. The van der Waals surface area contributed by atoms with Crippen LogP contribution in [0.5, 0.6) is 5.75 Å². The molecule has 0 unspecified atom stereocenters. The standard InChI is InChI=1S/C22H24N2O3/c25-19-10-17-27-21-9-4-8-20(22(19)21)26-16-5-11-23-12-14-24(15-13-23)18-6-2-1-3-7-18/h1-4,6-10,17H,5,11-16H2. The summed E-state index contributed by atoms with van der Waals surface area (Å²) >= 11 is 0. The van der Waals surface area contributed by atoms with E-state index < -0.39 is 0 Å². The van der Waals surface area contributed by atoms with Gasteiger partial charge in [0.1, 0.15) is 16.7 Å². The van der Waals surface area contributed by atoms with Crippen molar-refractivity contribution in [2.24, 2.45) is 0 Å². The number of hydrogen-bond acceptors (Lipinski definition) is 5. The van der Waals surface area contributed by atoms with Crippen LogP contribution >= 0.6 is 0 Å². The number of anilines is 1. The van der Waals surface area contributed by atoms with Crippen LogP contribution in [0, 0.1) is 0 Å². The Hall–Kier alpha value is -2.79. The quantitative estimate of drug-likeness (QED) is 0.628. The maximum atomic E-state index is 12.1. The number of nitrogens with zero attached hydrogens (tertiary/aromatic N) is 2. The van der Waals surface area contributed by atoms with E-state index >= 15 is 0 Å². The van der Waals surface area contributed by atoms with Gasteiger partial charge in [0.25, 0.3) is 0 Å². The van der Waals surface area contributed by atoms with Gasteiger partial charge in [0.05, 0.1) is 12.9 Å². The fourth-order valence-corrected chi connectivity index (χ4v) is 3.56. The van der Waals surface area contributed by atoms with Crippen molar-refractivity contribution in [2.75, 3.05) is 44.2 Å². The molecule has 0 radical (unpaired) electrons. The summed E-state index contributed by atoms with van der Waals surface area (Å²) in [5, 5.41) is 0.525. The molecule has 1 aliphatic rings. The van der Waals surface area contributed by atoms with Crippen molar-refractivity contribution in [3.05, 3.63) is 71.1 Å². The Kier molecular flexibility index (Phi) is 5.39. The highest BCUT2D eigenvalue weighted by Crippen LogP contribution is 2.22. The van der Waals surface area contributed by atoms with Crippen LogP contribution in [-0.2, 0) is 0 Å². The molecule has 0 aliphatic carbocycles. The number of fused-ring (bicyclic) bond motifs is 1. The Morgan fingerprint density at radius 1 is 0.926 bits per heavy atom. The topological polar surface area (TPSA) is 45.9 Å². The number of rotatable bonds is 6. The molecule has 2 aromatic carbocycles. The number of hydrogen-bond donors (Lipinski definition) is 0. The highest BCUT2D eigenvalue weighted by atomic mass is 16.5. The number of benzene rings is 2. The molecular weight excluding hydrogens is 340 g/mol. The van der Waals surface area contributed by atoms with Gasteiger partial charge in [-0.15, -0.1) is 0 Å². The minimum absolute atomic E-state index is 0.0658. The first kappa shape index (κ1) is 17.6. The van der Waals surface area contributed by atoms with E-state index in [2.05, 4.69) is 40.1 Å². The predicted molar refractivity (Wildman–Crippen MR) is 108 cm³/mol. The summed E-state index contributed by atoms with van der Waals surface area (Å²) in [6, 6.07) is 17.5. The molecule has 2 heterocycles. The van der Waals surface area contributed by atoms with Gasteiger partial charge in [0.2, 0.25) is 0 Å². The van der Waals surface area contributed by atoms with Gasteiger partial charge < -0.3 is 14.1 Å². The SMILES string of the molecule is O=c1ccoc2cccc(OCCCN3CCN(c4ccccc4)CC3)c12. The highest BCUT2D eigenvalue weighted by Gasteiger charge is 2.16. The predicted octanol–water partition coefficient (Wildman–Crippen LogP) is 3.38. The normalized spacial score (nSPS) is 15.2. The van der Waals surface area contributed by atoms with Crippen LogP contribution in [0.3, 0.4) is 0 Å². The molecule has 5 heteroatoms. The molecule has 27 heavy (non-hydrogen) atoms. The lowest BCUT2D eigenvalue weighted by Crippen LogP contribution is -2.46. The van der Waals surface area contributed by atoms with Crippen molar-refractivity contribution in [2.45, 2.75) is 6.42 Å². The summed E-state index contributed by atoms with van der Waals surface area (Å²) in [4.78, 5) is 17.0. The van der Waals surface area contributed by atoms with E-state index in [1.54, 1.807) is 6.07 Å². The third-order valence-corrected chi connectivity index (χ3v) is 5.02. The van der Waals surface area contributed by atoms with Gasteiger partial charge in [-0.25, -0.2) is 0 Å². The van der Waals surface area contributed by atoms with Crippen molar-refractivity contribution >= 4 is 16.7 Å². The second-order valence-corrected chi connectivity index (χ2v) is 6.78. The molecule has 0 spiro atoms. The number of para-hydroxylation sites is 1. The largest absolute Gasteiger partial charge is 0.493 e. The van der Waals surface area contributed by atoms with Gasteiger partial charge in [-0.2, -0.15) is 0 Å². The minimum Gasteiger partial charge on any atom is -0.493 e. The Balaban J connectivity index is 1.25. The van der Waals surface area contributed by atoms with Gasteiger partial charge in [-0.05, 0) is 30.7 Å². The first-order chi connectivity index (χ1) is 13.3. The van der Waals surface area contributed by atoms with Gasteiger partial charge in [-0.3, -0.25) is 9.69 Å². The molecule has 5 nitrogen and oxygen atoms in total. The summed E-state index contributed by atoms with van der Waals surface area (Å²) in [6.07, 6.45) is 2.35. The molecule has 0 amide bonds. The zero-order valence-electron chi connectivity index (χ0n) is 15.3. The fraction of sp³-hybridized carbons (Fsp3) is 0.318.